The number of likely N-dealkylation sites (tertiary alicyclic amines) is 1. The highest BCUT2D eigenvalue weighted by atomic mass is 16.5. The number of methoxy groups -OCH3 is 1. The highest BCUT2D eigenvalue weighted by Gasteiger charge is 2.20. The molecule has 1 heterocycles. The maximum atomic E-state index is 5.40. The lowest BCUT2D eigenvalue weighted by Crippen LogP contribution is -2.45. The molecule has 0 spiro atoms. The van der Waals surface area contributed by atoms with Crippen molar-refractivity contribution in [2.24, 2.45) is 0 Å². The van der Waals surface area contributed by atoms with Crippen LogP contribution in [0.15, 0.2) is 0 Å². The molecule has 0 saturated carbocycles. The summed E-state index contributed by atoms with van der Waals surface area (Å²) in [7, 11) is 1.83. The van der Waals surface area contributed by atoms with Crippen LogP contribution in [0.2, 0.25) is 0 Å². The van der Waals surface area contributed by atoms with Crippen molar-refractivity contribution in [3.8, 4) is 0 Å². The third kappa shape index (κ3) is 4.81. The molecule has 1 fully saturated rings. The molecule has 1 rings (SSSR count). The first-order valence-corrected chi connectivity index (χ1v) is 6.78. The van der Waals surface area contributed by atoms with Crippen LogP contribution < -0.4 is 5.32 Å². The van der Waals surface area contributed by atoms with Crippen LogP contribution in [0.25, 0.3) is 0 Å². The monoisotopic (exact) mass is 228 g/mol. The minimum atomic E-state index is 0.500. The maximum Gasteiger partial charge on any atom is 0.0595 e. The Morgan fingerprint density at radius 3 is 2.50 bits per heavy atom. The molecule has 0 aliphatic carbocycles. The molecule has 1 saturated heterocycles. The van der Waals surface area contributed by atoms with Crippen LogP contribution in [0.4, 0.5) is 0 Å². The van der Waals surface area contributed by atoms with Crippen LogP contribution in [0, 0.1) is 0 Å². The summed E-state index contributed by atoms with van der Waals surface area (Å²) in [5, 5.41) is 3.58. The van der Waals surface area contributed by atoms with E-state index in [1.54, 1.807) is 0 Å². The van der Waals surface area contributed by atoms with Gasteiger partial charge in [0.1, 0.15) is 0 Å². The summed E-state index contributed by atoms with van der Waals surface area (Å²) in [5.41, 5.74) is 0. The molecule has 3 heteroatoms. The van der Waals surface area contributed by atoms with Crippen LogP contribution in [0.1, 0.15) is 39.5 Å². The number of likely N-dealkylation sites (N-methyl/N-ethyl adjacent to an activating group) is 1. The van der Waals surface area contributed by atoms with Crippen LogP contribution in [0.3, 0.4) is 0 Å². The second kappa shape index (κ2) is 8.04. The molecule has 1 atom stereocenters. The zero-order chi connectivity index (χ0) is 11.8. The van der Waals surface area contributed by atoms with Crippen molar-refractivity contribution < 1.29 is 4.74 Å². The lowest BCUT2D eigenvalue weighted by atomic mass is 10.1. The van der Waals surface area contributed by atoms with Crippen molar-refractivity contribution in [3.63, 3.8) is 0 Å². The van der Waals surface area contributed by atoms with Gasteiger partial charge in [-0.1, -0.05) is 20.3 Å². The van der Waals surface area contributed by atoms with E-state index in [1.807, 2.05) is 7.11 Å². The van der Waals surface area contributed by atoms with E-state index in [4.69, 9.17) is 4.74 Å². The van der Waals surface area contributed by atoms with Gasteiger partial charge in [-0.05, 0) is 25.8 Å². The van der Waals surface area contributed by atoms with Gasteiger partial charge in [0, 0.05) is 32.8 Å². The van der Waals surface area contributed by atoms with Crippen molar-refractivity contribution in [1.29, 1.82) is 0 Å². The minimum Gasteiger partial charge on any atom is -0.381 e. The highest BCUT2D eigenvalue weighted by Crippen LogP contribution is 2.13. The third-order valence-corrected chi connectivity index (χ3v) is 3.48. The van der Waals surface area contributed by atoms with Gasteiger partial charge in [0.2, 0.25) is 0 Å². The number of nitrogens with zero attached hydrogens (tertiary/aromatic N) is 1. The largest absolute Gasteiger partial charge is 0.381 e. The fourth-order valence-corrected chi connectivity index (χ4v) is 2.53. The highest BCUT2D eigenvalue weighted by molar-refractivity contribution is 4.77. The van der Waals surface area contributed by atoms with Crippen molar-refractivity contribution in [2.45, 2.75) is 51.7 Å². The zero-order valence-corrected chi connectivity index (χ0v) is 11.2. The molecule has 1 aliphatic rings. The molecular formula is C13H28N2O. The van der Waals surface area contributed by atoms with Crippen molar-refractivity contribution in [1.82, 2.24) is 10.2 Å². The number of rotatable bonds is 7. The van der Waals surface area contributed by atoms with Crippen LogP contribution in [-0.4, -0.2) is 50.3 Å². The number of ether oxygens (including phenoxy) is 1. The zero-order valence-electron chi connectivity index (χ0n) is 11.2. The number of hydrogen-bond acceptors (Lipinski definition) is 3. The van der Waals surface area contributed by atoms with E-state index >= 15 is 0 Å². The third-order valence-electron chi connectivity index (χ3n) is 3.48. The number of hydrogen-bond donors (Lipinski definition) is 1. The Morgan fingerprint density at radius 2 is 2.00 bits per heavy atom. The van der Waals surface area contributed by atoms with Gasteiger partial charge in [-0.3, -0.25) is 0 Å². The summed E-state index contributed by atoms with van der Waals surface area (Å²) >= 11 is 0. The second-order valence-corrected chi connectivity index (χ2v) is 4.78. The van der Waals surface area contributed by atoms with Gasteiger partial charge in [0.15, 0.2) is 0 Å². The molecule has 0 aromatic rings. The van der Waals surface area contributed by atoms with Crippen molar-refractivity contribution in [2.75, 3.05) is 33.3 Å². The van der Waals surface area contributed by atoms with Gasteiger partial charge in [-0.15, -0.1) is 0 Å². The molecule has 0 amide bonds. The molecule has 0 radical (unpaired) electrons. The lowest BCUT2D eigenvalue weighted by Gasteiger charge is -2.33. The van der Waals surface area contributed by atoms with Gasteiger partial charge < -0.3 is 15.0 Å². The molecule has 3 nitrogen and oxygen atoms in total. The first-order valence-electron chi connectivity index (χ1n) is 6.78. The Labute approximate surface area is 101 Å². The fourth-order valence-electron chi connectivity index (χ4n) is 2.53. The average molecular weight is 228 g/mol. The fraction of sp³-hybridized carbons (Fsp3) is 1.00. The van der Waals surface area contributed by atoms with Crippen LogP contribution >= 0.6 is 0 Å². The Kier molecular flexibility index (Phi) is 7.01. The van der Waals surface area contributed by atoms with E-state index in [2.05, 4.69) is 24.1 Å². The lowest BCUT2D eigenvalue weighted by molar-refractivity contribution is 0.0381. The average Bonchev–Trinajstić information content (AvgIpc) is 2.31. The molecule has 1 N–H and O–H groups in total. The Bertz CT molecular complexity index is 161. The Morgan fingerprint density at radius 1 is 1.31 bits per heavy atom. The van der Waals surface area contributed by atoms with Crippen LogP contribution in [-0.2, 0) is 4.74 Å². The molecule has 1 aliphatic heterocycles. The summed E-state index contributed by atoms with van der Waals surface area (Å²) in [5.74, 6) is 0. The Hall–Kier alpha value is -0.120. The van der Waals surface area contributed by atoms with Gasteiger partial charge in [-0.2, -0.15) is 0 Å². The quantitative estimate of drug-likeness (QED) is 0.720. The number of piperidine rings is 1. The van der Waals surface area contributed by atoms with E-state index in [0.717, 1.165) is 6.54 Å². The maximum absolute atomic E-state index is 5.40. The molecular weight excluding hydrogens is 200 g/mol. The molecule has 0 aromatic carbocycles. The Balaban J connectivity index is 2.24. The minimum absolute atomic E-state index is 0.500. The summed E-state index contributed by atoms with van der Waals surface area (Å²) < 4.78 is 5.40. The molecule has 1 unspecified atom stereocenters. The summed E-state index contributed by atoms with van der Waals surface area (Å²) in [6, 6.07) is 0.675. The van der Waals surface area contributed by atoms with Crippen molar-refractivity contribution in [3.05, 3.63) is 0 Å². The molecule has 16 heavy (non-hydrogen) atoms. The van der Waals surface area contributed by atoms with Crippen molar-refractivity contribution >= 4 is 0 Å². The first-order chi connectivity index (χ1) is 7.80. The predicted molar refractivity (Wildman–Crippen MR) is 68.8 cm³/mol. The summed E-state index contributed by atoms with van der Waals surface area (Å²) in [6.45, 7) is 9.15. The van der Waals surface area contributed by atoms with Crippen LogP contribution in [0.5, 0.6) is 0 Å². The van der Waals surface area contributed by atoms with Gasteiger partial charge >= 0.3 is 0 Å². The molecule has 0 bridgehead atoms. The van der Waals surface area contributed by atoms with E-state index in [9.17, 15) is 0 Å². The van der Waals surface area contributed by atoms with E-state index in [0.29, 0.717) is 12.1 Å². The second-order valence-electron chi connectivity index (χ2n) is 4.78. The molecule has 96 valence electrons. The summed E-state index contributed by atoms with van der Waals surface area (Å²) in [6.07, 6.45) is 5.45. The number of nitrogens with one attached hydrogen (secondary N) is 1. The SMILES string of the molecule is CCCC(CN1CCC(OC)CC1)NCC. The van der Waals surface area contributed by atoms with Gasteiger partial charge in [0.25, 0.3) is 0 Å². The topological polar surface area (TPSA) is 24.5 Å². The molecule has 0 aromatic heterocycles. The van der Waals surface area contributed by atoms with E-state index < -0.39 is 0 Å². The summed E-state index contributed by atoms with van der Waals surface area (Å²) in [4.78, 5) is 2.58. The van der Waals surface area contributed by atoms with E-state index in [-0.39, 0.29) is 0 Å². The standard InChI is InChI=1S/C13H28N2O/c1-4-6-12(14-5-2)11-15-9-7-13(16-3)8-10-15/h12-14H,4-11H2,1-3H3. The first kappa shape index (κ1) is 13.9. The normalized spacial score (nSPS) is 21.2. The van der Waals surface area contributed by atoms with Gasteiger partial charge in [0.05, 0.1) is 6.10 Å². The van der Waals surface area contributed by atoms with Gasteiger partial charge in [-0.25, -0.2) is 0 Å². The predicted octanol–water partition coefficient (Wildman–Crippen LogP) is 1.88. The van der Waals surface area contributed by atoms with E-state index in [1.165, 1.54) is 45.3 Å². The smallest absolute Gasteiger partial charge is 0.0595 e.